The van der Waals surface area contributed by atoms with E-state index in [1.807, 2.05) is 0 Å². The topological polar surface area (TPSA) is 67.9 Å². The SMILES string of the molecule is COc1cc(/C=C2\SC(=S)N(c3ccc(F)cc3)C2=O)cc(Br)c1OCC(=O)Nc1ccccc1Cl. The molecule has 4 rings (SSSR count). The van der Waals surface area contributed by atoms with Gasteiger partial charge in [0.15, 0.2) is 22.4 Å². The molecule has 0 aliphatic carbocycles. The summed E-state index contributed by atoms with van der Waals surface area (Å²) in [6.45, 7) is -0.282. The van der Waals surface area contributed by atoms with Gasteiger partial charge in [-0.1, -0.05) is 47.7 Å². The van der Waals surface area contributed by atoms with Gasteiger partial charge < -0.3 is 14.8 Å². The molecule has 3 aromatic carbocycles. The Morgan fingerprint density at radius 1 is 1.22 bits per heavy atom. The largest absolute Gasteiger partial charge is 0.493 e. The Kier molecular flexibility index (Phi) is 8.30. The molecule has 0 spiro atoms. The number of thioether (sulfide) groups is 1. The van der Waals surface area contributed by atoms with Crippen LogP contribution in [0.25, 0.3) is 6.08 Å². The number of methoxy groups -OCH3 is 1. The molecule has 0 saturated carbocycles. The van der Waals surface area contributed by atoms with E-state index in [1.165, 1.54) is 36.3 Å². The van der Waals surface area contributed by atoms with E-state index < -0.39 is 11.7 Å². The molecule has 3 aromatic rings. The van der Waals surface area contributed by atoms with Crippen LogP contribution < -0.4 is 19.7 Å². The van der Waals surface area contributed by atoms with Crippen molar-refractivity contribution in [2.75, 3.05) is 23.9 Å². The van der Waals surface area contributed by atoms with Gasteiger partial charge in [-0.15, -0.1) is 0 Å². The van der Waals surface area contributed by atoms with E-state index in [0.29, 0.717) is 47.2 Å². The summed E-state index contributed by atoms with van der Waals surface area (Å²) in [6.07, 6.45) is 1.67. The average molecular weight is 608 g/mol. The van der Waals surface area contributed by atoms with Crippen molar-refractivity contribution in [2.24, 2.45) is 0 Å². The van der Waals surface area contributed by atoms with E-state index in [2.05, 4.69) is 21.2 Å². The van der Waals surface area contributed by atoms with Gasteiger partial charge in [-0.3, -0.25) is 14.5 Å². The van der Waals surface area contributed by atoms with Gasteiger partial charge in [0.25, 0.3) is 11.8 Å². The monoisotopic (exact) mass is 606 g/mol. The van der Waals surface area contributed by atoms with Crippen LogP contribution in [-0.4, -0.2) is 29.9 Å². The van der Waals surface area contributed by atoms with Crippen LogP contribution in [0.4, 0.5) is 15.8 Å². The summed E-state index contributed by atoms with van der Waals surface area (Å²) in [4.78, 5) is 27.1. The lowest BCUT2D eigenvalue weighted by molar-refractivity contribution is -0.118. The van der Waals surface area contributed by atoms with Gasteiger partial charge in [-0.05, 0) is 76.1 Å². The maximum absolute atomic E-state index is 13.3. The summed E-state index contributed by atoms with van der Waals surface area (Å²) in [5.41, 5.74) is 1.61. The third-order valence-corrected chi connectivity index (χ3v) is 7.14. The Hall–Kier alpha value is -2.92. The molecular weight excluding hydrogens is 591 g/mol. The van der Waals surface area contributed by atoms with Gasteiger partial charge >= 0.3 is 0 Å². The molecule has 11 heteroatoms. The summed E-state index contributed by atoms with van der Waals surface area (Å²) >= 11 is 16.0. The van der Waals surface area contributed by atoms with Crippen LogP contribution in [-0.2, 0) is 9.59 Å². The minimum absolute atomic E-state index is 0.282. The molecule has 36 heavy (non-hydrogen) atoms. The van der Waals surface area contributed by atoms with Crippen LogP contribution in [0.5, 0.6) is 11.5 Å². The number of thiocarbonyl (C=S) groups is 1. The number of benzene rings is 3. The van der Waals surface area contributed by atoms with Gasteiger partial charge in [0.1, 0.15) is 5.82 Å². The minimum Gasteiger partial charge on any atom is -0.493 e. The Bertz CT molecular complexity index is 1380. The number of nitrogens with zero attached hydrogens (tertiary/aromatic N) is 1. The fraction of sp³-hybridized carbons (Fsp3) is 0.0800. The van der Waals surface area contributed by atoms with Crippen molar-refractivity contribution in [1.82, 2.24) is 0 Å². The fourth-order valence-electron chi connectivity index (χ4n) is 3.28. The first-order valence-electron chi connectivity index (χ1n) is 10.3. The van der Waals surface area contributed by atoms with Gasteiger partial charge in [-0.25, -0.2) is 4.39 Å². The van der Waals surface area contributed by atoms with E-state index in [1.54, 1.807) is 42.5 Å². The highest BCUT2D eigenvalue weighted by Crippen LogP contribution is 2.40. The average Bonchev–Trinajstić information content (AvgIpc) is 3.12. The minimum atomic E-state index is -0.402. The Morgan fingerprint density at radius 3 is 2.64 bits per heavy atom. The summed E-state index contributed by atoms with van der Waals surface area (Å²) in [5.74, 6) is -0.438. The zero-order valence-electron chi connectivity index (χ0n) is 18.6. The quantitative estimate of drug-likeness (QED) is 0.239. The van der Waals surface area contributed by atoms with Crippen LogP contribution >= 0.6 is 51.5 Å². The number of hydrogen-bond donors (Lipinski definition) is 1. The van der Waals surface area contributed by atoms with Crippen molar-refractivity contribution in [3.63, 3.8) is 0 Å². The van der Waals surface area contributed by atoms with E-state index in [-0.39, 0.29) is 12.5 Å². The van der Waals surface area contributed by atoms with Crippen molar-refractivity contribution < 1.29 is 23.5 Å². The maximum atomic E-state index is 13.3. The summed E-state index contributed by atoms with van der Waals surface area (Å²) in [5, 5.41) is 3.10. The van der Waals surface area contributed by atoms with E-state index in [9.17, 15) is 14.0 Å². The third kappa shape index (κ3) is 5.89. The highest BCUT2D eigenvalue weighted by atomic mass is 79.9. The Morgan fingerprint density at radius 2 is 1.94 bits per heavy atom. The van der Waals surface area contributed by atoms with Gasteiger partial charge in [0.05, 0.1) is 32.9 Å². The number of halogens is 3. The molecule has 1 fully saturated rings. The molecule has 1 N–H and O–H groups in total. The second-order valence-electron chi connectivity index (χ2n) is 7.34. The molecule has 6 nitrogen and oxygen atoms in total. The number of amides is 2. The molecule has 1 aliphatic rings. The smallest absolute Gasteiger partial charge is 0.270 e. The predicted octanol–water partition coefficient (Wildman–Crippen LogP) is 6.67. The number of nitrogens with one attached hydrogen (secondary N) is 1. The zero-order valence-corrected chi connectivity index (χ0v) is 22.6. The standard InChI is InChI=1S/C25H17BrClFN2O4S2/c1-33-20-11-14(12-21-24(32)30(25(35)36-21)16-8-6-15(28)7-9-16)10-17(26)23(20)34-13-22(31)29-19-5-3-2-4-18(19)27/h2-12H,13H2,1H3,(H,29,31)/b21-12-. The van der Waals surface area contributed by atoms with Crippen LogP contribution in [0.1, 0.15) is 5.56 Å². The molecular formula is C25H17BrClFN2O4S2. The van der Waals surface area contributed by atoms with Crippen LogP contribution in [0.3, 0.4) is 0 Å². The van der Waals surface area contributed by atoms with Crippen molar-refractivity contribution in [1.29, 1.82) is 0 Å². The molecule has 0 unspecified atom stereocenters. The first-order valence-corrected chi connectivity index (χ1v) is 12.7. The van der Waals surface area contributed by atoms with Gasteiger partial charge in [0, 0.05) is 0 Å². The molecule has 0 bridgehead atoms. The normalized spacial score (nSPS) is 14.3. The molecule has 1 heterocycles. The summed E-state index contributed by atoms with van der Waals surface area (Å²) in [7, 11) is 1.47. The zero-order chi connectivity index (χ0) is 25.8. The molecule has 2 amide bonds. The number of carbonyl (C=O) groups is 2. The highest BCUT2D eigenvalue weighted by Gasteiger charge is 2.33. The molecule has 0 aromatic heterocycles. The van der Waals surface area contributed by atoms with Crippen molar-refractivity contribution in [2.45, 2.75) is 0 Å². The number of rotatable bonds is 7. The van der Waals surface area contributed by atoms with Crippen LogP contribution in [0.2, 0.25) is 5.02 Å². The van der Waals surface area contributed by atoms with Crippen molar-refractivity contribution in [3.05, 3.63) is 86.4 Å². The predicted molar refractivity (Wildman–Crippen MR) is 148 cm³/mol. The molecule has 1 saturated heterocycles. The number of anilines is 2. The number of carbonyl (C=O) groups excluding carboxylic acids is 2. The number of para-hydroxylation sites is 1. The van der Waals surface area contributed by atoms with E-state index in [0.717, 1.165) is 11.8 Å². The number of hydrogen-bond acceptors (Lipinski definition) is 6. The fourth-order valence-corrected chi connectivity index (χ4v) is 5.34. The molecule has 0 atom stereocenters. The van der Waals surface area contributed by atoms with Crippen molar-refractivity contribution >= 4 is 85.1 Å². The Labute approximate surface area is 229 Å². The first kappa shape index (κ1) is 26.2. The molecule has 0 radical (unpaired) electrons. The summed E-state index contributed by atoms with van der Waals surface area (Å²) < 4.78 is 25.3. The van der Waals surface area contributed by atoms with Crippen molar-refractivity contribution in [3.8, 4) is 11.5 Å². The summed E-state index contributed by atoms with van der Waals surface area (Å²) in [6, 6.07) is 15.8. The van der Waals surface area contributed by atoms with E-state index in [4.69, 9.17) is 33.3 Å². The first-order chi connectivity index (χ1) is 17.3. The number of ether oxygens (including phenoxy) is 2. The highest BCUT2D eigenvalue weighted by molar-refractivity contribution is 9.10. The lowest BCUT2D eigenvalue weighted by Crippen LogP contribution is -2.27. The second-order valence-corrected chi connectivity index (χ2v) is 10.3. The lowest BCUT2D eigenvalue weighted by Gasteiger charge is -2.14. The van der Waals surface area contributed by atoms with Gasteiger partial charge in [-0.2, -0.15) is 0 Å². The lowest BCUT2D eigenvalue weighted by atomic mass is 10.1. The third-order valence-electron chi connectivity index (χ3n) is 4.92. The van der Waals surface area contributed by atoms with Crippen LogP contribution in [0.15, 0.2) is 70.0 Å². The van der Waals surface area contributed by atoms with E-state index >= 15 is 0 Å². The molecule has 1 aliphatic heterocycles. The second kappa shape index (κ2) is 11.4. The maximum Gasteiger partial charge on any atom is 0.270 e. The van der Waals surface area contributed by atoms with Crippen LogP contribution in [0, 0.1) is 5.82 Å². The Balaban J connectivity index is 1.50. The van der Waals surface area contributed by atoms with Gasteiger partial charge in [0.2, 0.25) is 0 Å². The molecule has 184 valence electrons.